The summed E-state index contributed by atoms with van der Waals surface area (Å²) in [4.78, 5) is 1.42. The number of alkyl halides is 2. The number of aliphatic hydroxyl groups excluding tert-OH is 1. The second kappa shape index (κ2) is 6.74. The van der Waals surface area contributed by atoms with Gasteiger partial charge in [-0.15, -0.1) is 0 Å². The monoisotopic (exact) mass is 264 g/mol. The summed E-state index contributed by atoms with van der Waals surface area (Å²) in [5, 5.41) is 9.26. The van der Waals surface area contributed by atoms with Crippen LogP contribution in [0.25, 0.3) is 0 Å². The molecule has 1 rings (SSSR count). The van der Waals surface area contributed by atoms with Crippen molar-refractivity contribution in [1.82, 2.24) is 4.90 Å². The van der Waals surface area contributed by atoms with Crippen molar-refractivity contribution in [1.29, 1.82) is 0 Å². The van der Waals surface area contributed by atoms with E-state index in [4.69, 9.17) is 22.4 Å². The normalized spacial score (nSPS) is 11.4. The zero-order chi connectivity index (χ0) is 12.8. The Kier molecular flexibility index (Phi) is 5.61. The molecule has 0 atom stereocenters. The highest BCUT2D eigenvalue weighted by Gasteiger charge is 2.14. The highest BCUT2D eigenvalue weighted by atomic mass is 35.5. The van der Waals surface area contributed by atoms with E-state index in [1.807, 2.05) is 0 Å². The number of nitrogen functional groups attached to an aromatic ring is 1. The Labute approximate surface area is 104 Å². The minimum Gasteiger partial charge on any atom is -0.398 e. The lowest BCUT2D eigenvalue weighted by Crippen LogP contribution is -2.31. The van der Waals surface area contributed by atoms with E-state index in [0.717, 1.165) is 0 Å². The molecule has 3 N–H and O–H groups in total. The molecule has 0 aliphatic carbocycles. The minimum atomic E-state index is -2.45. The molecule has 96 valence electrons. The number of anilines is 1. The first-order chi connectivity index (χ1) is 8.04. The van der Waals surface area contributed by atoms with E-state index in [1.54, 1.807) is 18.2 Å². The molecule has 0 radical (unpaired) electrons. The third-order valence-corrected chi connectivity index (χ3v) is 2.70. The van der Waals surface area contributed by atoms with E-state index < -0.39 is 13.0 Å². The standard InChI is InChI=1S/C11H15ClF2N2O/c12-9-2-1-3-10(15)8(9)6-16(4-5-17)7-11(13)14/h1-3,11,17H,4-7,15H2. The molecule has 0 amide bonds. The molecule has 0 heterocycles. The van der Waals surface area contributed by atoms with Crippen molar-refractivity contribution in [2.75, 3.05) is 25.4 Å². The summed E-state index contributed by atoms with van der Waals surface area (Å²) in [6.07, 6.45) is -2.45. The van der Waals surface area contributed by atoms with Crippen molar-refractivity contribution in [2.24, 2.45) is 0 Å². The average Bonchev–Trinajstić information content (AvgIpc) is 2.23. The molecule has 3 nitrogen and oxygen atoms in total. The molecule has 0 aliphatic heterocycles. The summed E-state index contributed by atoms with van der Waals surface area (Å²) in [7, 11) is 0. The number of nitrogens with zero attached hydrogens (tertiary/aromatic N) is 1. The summed E-state index contributed by atoms with van der Waals surface area (Å²) >= 11 is 5.95. The molecular formula is C11H15ClF2N2O. The largest absolute Gasteiger partial charge is 0.398 e. The molecule has 1 aromatic rings. The van der Waals surface area contributed by atoms with Gasteiger partial charge in [-0.2, -0.15) is 0 Å². The molecule has 0 unspecified atom stereocenters. The van der Waals surface area contributed by atoms with E-state index in [-0.39, 0.29) is 19.7 Å². The van der Waals surface area contributed by atoms with Crippen LogP contribution in [-0.2, 0) is 6.54 Å². The van der Waals surface area contributed by atoms with Crippen LogP contribution in [0.15, 0.2) is 18.2 Å². The minimum absolute atomic E-state index is 0.162. The van der Waals surface area contributed by atoms with Crippen molar-refractivity contribution in [3.8, 4) is 0 Å². The summed E-state index contributed by atoms with van der Waals surface area (Å²) in [5.41, 5.74) is 6.82. The number of benzene rings is 1. The van der Waals surface area contributed by atoms with Gasteiger partial charge in [0.25, 0.3) is 6.43 Å². The molecule has 0 spiro atoms. The first kappa shape index (κ1) is 14.2. The Hall–Kier alpha value is -0.910. The Morgan fingerprint density at radius 2 is 2.12 bits per heavy atom. The molecule has 0 saturated carbocycles. The van der Waals surface area contributed by atoms with E-state index >= 15 is 0 Å². The third-order valence-electron chi connectivity index (χ3n) is 2.35. The van der Waals surface area contributed by atoms with Crippen molar-refractivity contribution >= 4 is 17.3 Å². The number of halogens is 3. The molecule has 0 fully saturated rings. The molecule has 17 heavy (non-hydrogen) atoms. The van der Waals surface area contributed by atoms with Crippen molar-refractivity contribution in [3.63, 3.8) is 0 Å². The van der Waals surface area contributed by atoms with Gasteiger partial charge in [-0.3, -0.25) is 4.90 Å². The van der Waals surface area contributed by atoms with Crippen LogP contribution in [0, 0.1) is 0 Å². The molecule has 0 saturated heterocycles. The van der Waals surface area contributed by atoms with Crippen molar-refractivity contribution < 1.29 is 13.9 Å². The quantitative estimate of drug-likeness (QED) is 0.773. The Morgan fingerprint density at radius 1 is 1.41 bits per heavy atom. The highest BCUT2D eigenvalue weighted by Crippen LogP contribution is 2.23. The second-order valence-electron chi connectivity index (χ2n) is 3.66. The van der Waals surface area contributed by atoms with E-state index in [2.05, 4.69) is 0 Å². The van der Waals surface area contributed by atoms with Crippen LogP contribution in [0.4, 0.5) is 14.5 Å². The maximum absolute atomic E-state index is 12.3. The Morgan fingerprint density at radius 3 is 2.65 bits per heavy atom. The van der Waals surface area contributed by atoms with Gasteiger partial charge in [0.1, 0.15) is 0 Å². The van der Waals surface area contributed by atoms with E-state index in [9.17, 15) is 8.78 Å². The molecular weight excluding hydrogens is 250 g/mol. The first-order valence-corrected chi connectivity index (χ1v) is 5.56. The van der Waals surface area contributed by atoms with Gasteiger partial charge in [0, 0.05) is 29.4 Å². The lowest BCUT2D eigenvalue weighted by molar-refractivity contribution is 0.0747. The lowest BCUT2D eigenvalue weighted by atomic mass is 10.1. The fraction of sp³-hybridized carbons (Fsp3) is 0.455. The van der Waals surface area contributed by atoms with Crippen LogP contribution in [0.3, 0.4) is 0 Å². The zero-order valence-corrected chi connectivity index (χ0v) is 10.00. The van der Waals surface area contributed by atoms with E-state index in [0.29, 0.717) is 16.3 Å². The molecule has 0 bridgehead atoms. The van der Waals surface area contributed by atoms with Gasteiger partial charge in [-0.25, -0.2) is 8.78 Å². The Balaban J connectivity index is 2.78. The zero-order valence-electron chi connectivity index (χ0n) is 9.24. The van der Waals surface area contributed by atoms with Gasteiger partial charge in [-0.1, -0.05) is 17.7 Å². The van der Waals surface area contributed by atoms with Crippen LogP contribution in [0.5, 0.6) is 0 Å². The summed E-state index contributed by atoms with van der Waals surface area (Å²) in [6, 6.07) is 5.03. The van der Waals surface area contributed by atoms with Crippen LogP contribution in [-0.4, -0.2) is 36.1 Å². The van der Waals surface area contributed by atoms with Crippen LogP contribution < -0.4 is 5.73 Å². The number of aliphatic hydroxyl groups is 1. The fourth-order valence-corrected chi connectivity index (χ4v) is 1.78. The second-order valence-corrected chi connectivity index (χ2v) is 4.06. The molecule has 0 aliphatic rings. The number of nitrogens with two attached hydrogens (primary N) is 1. The van der Waals surface area contributed by atoms with Crippen molar-refractivity contribution in [3.05, 3.63) is 28.8 Å². The van der Waals surface area contributed by atoms with Gasteiger partial charge in [-0.05, 0) is 12.1 Å². The number of hydrogen-bond donors (Lipinski definition) is 2. The third kappa shape index (κ3) is 4.46. The smallest absolute Gasteiger partial charge is 0.251 e. The van der Waals surface area contributed by atoms with Crippen LogP contribution in [0.2, 0.25) is 5.02 Å². The predicted molar refractivity (Wildman–Crippen MR) is 64.2 cm³/mol. The van der Waals surface area contributed by atoms with E-state index in [1.165, 1.54) is 4.90 Å². The summed E-state index contributed by atoms with van der Waals surface area (Å²) < 4.78 is 24.6. The molecule has 6 heteroatoms. The van der Waals surface area contributed by atoms with Gasteiger partial charge in [0.05, 0.1) is 13.2 Å². The fourth-order valence-electron chi connectivity index (χ4n) is 1.54. The van der Waals surface area contributed by atoms with Gasteiger partial charge in [0.2, 0.25) is 0 Å². The maximum atomic E-state index is 12.3. The van der Waals surface area contributed by atoms with Crippen molar-refractivity contribution in [2.45, 2.75) is 13.0 Å². The van der Waals surface area contributed by atoms with Gasteiger partial charge < -0.3 is 10.8 Å². The summed E-state index contributed by atoms with van der Waals surface area (Å²) in [5.74, 6) is 0. The first-order valence-electron chi connectivity index (χ1n) is 5.18. The summed E-state index contributed by atoms with van der Waals surface area (Å²) in [6.45, 7) is -0.228. The van der Waals surface area contributed by atoms with Crippen LogP contribution >= 0.6 is 11.6 Å². The molecule has 1 aromatic carbocycles. The lowest BCUT2D eigenvalue weighted by Gasteiger charge is -2.22. The Bertz CT molecular complexity index is 343. The molecule has 0 aromatic heterocycles. The predicted octanol–water partition coefficient (Wildman–Crippen LogP) is 1.98. The highest BCUT2D eigenvalue weighted by molar-refractivity contribution is 6.31. The topological polar surface area (TPSA) is 49.5 Å². The SMILES string of the molecule is Nc1cccc(Cl)c1CN(CCO)CC(F)F. The number of rotatable bonds is 6. The van der Waals surface area contributed by atoms with Crippen LogP contribution in [0.1, 0.15) is 5.56 Å². The maximum Gasteiger partial charge on any atom is 0.251 e. The van der Waals surface area contributed by atoms with Gasteiger partial charge in [0.15, 0.2) is 0 Å². The van der Waals surface area contributed by atoms with Gasteiger partial charge >= 0.3 is 0 Å². The number of hydrogen-bond acceptors (Lipinski definition) is 3. The average molecular weight is 265 g/mol.